The first-order valence-electron chi connectivity index (χ1n) is 3.30. The second-order valence-electron chi connectivity index (χ2n) is 2.45. The maximum atomic E-state index is 8.36. The van der Waals surface area contributed by atoms with Crippen molar-refractivity contribution in [2.45, 2.75) is 20.8 Å². The van der Waals surface area contributed by atoms with Gasteiger partial charge in [0, 0.05) is 12.3 Å². The topological polar surface area (TPSA) is 48.2 Å². The smallest absolute Gasteiger partial charge is 0.0672 e. The third-order valence-electron chi connectivity index (χ3n) is 0.921. The normalized spacial score (nSPS) is 11.4. The summed E-state index contributed by atoms with van der Waals surface area (Å²) in [4.78, 5) is 0. The lowest BCUT2D eigenvalue weighted by Gasteiger charge is -2.00. The molecule has 0 aromatic heterocycles. The third-order valence-corrected chi connectivity index (χ3v) is 0.921. The molecule has 0 aliphatic carbocycles. The molecule has 0 heterocycles. The average Bonchev–Trinajstić information content (AvgIpc) is 1.87. The minimum absolute atomic E-state index is 0.0306. The lowest BCUT2D eigenvalue weighted by Crippen LogP contribution is -2.15. The maximum absolute atomic E-state index is 8.36. The van der Waals surface area contributed by atoms with Gasteiger partial charge in [0.05, 0.1) is 12.0 Å². The Labute approximate surface area is 61.7 Å². The molecule has 0 amide bonds. The highest BCUT2D eigenvalue weighted by atomic mass is 15.3. The number of rotatable bonds is 3. The van der Waals surface area contributed by atoms with Crippen molar-refractivity contribution in [3.63, 3.8) is 0 Å². The summed E-state index contributed by atoms with van der Waals surface area (Å²) in [5, 5.41) is 12.3. The molecule has 0 radical (unpaired) electrons. The molecule has 56 valence electrons. The van der Waals surface area contributed by atoms with Crippen molar-refractivity contribution in [1.29, 1.82) is 5.26 Å². The molecule has 0 spiro atoms. The van der Waals surface area contributed by atoms with Crippen molar-refractivity contribution in [3.05, 3.63) is 0 Å². The van der Waals surface area contributed by atoms with Gasteiger partial charge in [-0.2, -0.15) is 10.4 Å². The Hall–Kier alpha value is -1.04. The Kier molecular flexibility index (Phi) is 4.30. The molecule has 0 saturated carbocycles. The van der Waals surface area contributed by atoms with E-state index < -0.39 is 0 Å². The number of nitrogens with zero attached hydrogens (tertiary/aromatic N) is 2. The molecule has 0 aromatic rings. The minimum atomic E-state index is 0.0306. The summed E-state index contributed by atoms with van der Waals surface area (Å²) in [6, 6.07) is 2.11. The first-order valence-corrected chi connectivity index (χ1v) is 3.30. The van der Waals surface area contributed by atoms with E-state index in [0.29, 0.717) is 6.54 Å². The van der Waals surface area contributed by atoms with Gasteiger partial charge in [-0.1, -0.05) is 0 Å². The van der Waals surface area contributed by atoms with Crippen LogP contribution in [0.2, 0.25) is 0 Å². The number of hydrogen-bond acceptors (Lipinski definition) is 3. The van der Waals surface area contributed by atoms with E-state index in [9.17, 15) is 0 Å². The molecule has 0 saturated heterocycles. The molecule has 10 heavy (non-hydrogen) atoms. The van der Waals surface area contributed by atoms with Crippen LogP contribution in [-0.4, -0.2) is 12.3 Å². The van der Waals surface area contributed by atoms with Crippen molar-refractivity contribution in [1.82, 2.24) is 5.43 Å². The van der Waals surface area contributed by atoms with Gasteiger partial charge in [-0.3, -0.25) is 0 Å². The predicted molar refractivity (Wildman–Crippen MR) is 41.6 cm³/mol. The largest absolute Gasteiger partial charge is 0.309 e. The van der Waals surface area contributed by atoms with E-state index in [2.05, 4.69) is 16.6 Å². The van der Waals surface area contributed by atoms with Crippen molar-refractivity contribution < 1.29 is 0 Å². The highest BCUT2D eigenvalue weighted by Gasteiger charge is 1.94. The van der Waals surface area contributed by atoms with E-state index in [-0.39, 0.29) is 5.92 Å². The minimum Gasteiger partial charge on any atom is -0.309 e. The number of hydrogen-bond donors (Lipinski definition) is 1. The van der Waals surface area contributed by atoms with E-state index in [1.807, 2.05) is 20.8 Å². The second-order valence-corrected chi connectivity index (χ2v) is 2.45. The van der Waals surface area contributed by atoms with Crippen LogP contribution in [0.1, 0.15) is 20.8 Å². The molecule has 1 atom stereocenters. The van der Waals surface area contributed by atoms with Gasteiger partial charge < -0.3 is 5.43 Å². The van der Waals surface area contributed by atoms with Crippen molar-refractivity contribution in [3.8, 4) is 6.07 Å². The van der Waals surface area contributed by atoms with Crippen molar-refractivity contribution >= 4 is 5.71 Å². The highest BCUT2D eigenvalue weighted by molar-refractivity contribution is 5.78. The lowest BCUT2D eigenvalue weighted by atomic mass is 10.2. The summed E-state index contributed by atoms with van der Waals surface area (Å²) in [6.45, 7) is 6.29. The van der Waals surface area contributed by atoms with Crippen LogP contribution in [0.25, 0.3) is 0 Å². The van der Waals surface area contributed by atoms with Gasteiger partial charge in [-0.05, 0) is 20.8 Å². The van der Waals surface area contributed by atoms with Crippen LogP contribution in [0.3, 0.4) is 0 Å². The molecule has 0 aliphatic heterocycles. The molecule has 1 N–H and O–H groups in total. The van der Waals surface area contributed by atoms with Crippen LogP contribution in [0.4, 0.5) is 0 Å². The van der Waals surface area contributed by atoms with Crippen molar-refractivity contribution in [2.75, 3.05) is 6.54 Å². The summed E-state index contributed by atoms with van der Waals surface area (Å²) >= 11 is 0. The molecule has 0 rings (SSSR count). The van der Waals surface area contributed by atoms with Crippen LogP contribution in [-0.2, 0) is 0 Å². The summed E-state index contributed by atoms with van der Waals surface area (Å²) in [5.74, 6) is 0.0306. The van der Waals surface area contributed by atoms with Crippen LogP contribution < -0.4 is 5.43 Å². The summed E-state index contributed by atoms with van der Waals surface area (Å²) in [6.07, 6.45) is 0. The molecule has 0 fully saturated rings. The quantitative estimate of drug-likeness (QED) is 0.470. The Balaban J connectivity index is 3.39. The fraction of sp³-hybridized carbons (Fsp3) is 0.714. The molecule has 0 aromatic carbocycles. The van der Waals surface area contributed by atoms with Gasteiger partial charge in [-0.25, -0.2) is 0 Å². The average molecular weight is 139 g/mol. The van der Waals surface area contributed by atoms with E-state index in [4.69, 9.17) is 5.26 Å². The van der Waals surface area contributed by atoms with Crippen LogP contribution in [0.5, 0.6) is 0 Å². The van der Waals surface area contributed by atoms with Crippen molar-refractivity contribution in [2.24, 2.45) is 11.0 Å². The Morgan fingerprint density at radius 1 is 1.70 bits per heavy atom. The fourth-order valence-electron chi connectivity index (χ4n) is 0.386. The second kappa shape index (κ2) is 4.80. The Morgan fingerprint density at radius 2 is 2.30 bits per heavy atom. The summed E-state index contributed by atoms with van der Waals surface area (Å²) < 4.78 is 0. The zero-order valence-corrected chi connectivity index (χ0v) is 6.68. The van der Waals surface area contributed by atoms with Crippen LogP contribution in [0.15, 0.2) is 5.10 Å². The third kappa shape index (κ3) is 5.10. The van der Waals surface area contributed by atoms with Crippen LogP contribution >= 0.6 is 0 Å². The lowest BCUT2D eigenvalue weighted by molar-refractivity contribution is 0.626. The molecule has 3 heteroatoms. The maximum Gasteiger partial charge on any atom is 0.0672 e. The van der Waals surface area contributed by atoms with Gasteiger partial charge in [0.2, 0.25) is 0 Å². The van der Waals surface area contributed by atoms with Gasteiger partial charge in [0.25, 0.3) is 0 Å². The first kappa shape index (κ1) is 8.96. The monoisotopic (exact) mass is 139 g/mol. The van der Waals surface area contributed by atoms with E-state index >= 15 is 0 Å². The SMILES string of the molecule is CC(C)=NNCC(C)C#N. The Bertz CT molecular complexity index is 151. The zero-order valence-electron chi connectivity index (χ0n) is 6.68. The molecular formula is C7H13N3. The number of nitriles is 1. The highest BCUT2D eigenvalue weighted by Crippen LogP contribution is 1.86. The fourth-order valence-corrected chi connectivity index (χ4v) is 0.386. The molecule has 0 aliphatic rings. The number of nitrogens with one attached hydrogen (secondary N) is 1. The zero-order chi connectivity index (χ0) is 7.98. The molecule has 3 nitrogen and oxygen atoms in total. The summed E-state index contributed by atoms with van der Waals surface area (Å²) in [7, 11) is 0. The first-order chi connectivity index (χ1) is 4.66. The Morgan fingerprint density at radius 3 is 2.70 bits per heavy atom. The van der Waals surface area contributed by atoms with E-state index in [1.165, 1.54) is 0 Å². The van der Waals surface area contributed by atoms with Crippen LogP contribution in [0, 0.1) is 17.2 Å². The molecular weight excluding hydrogens is 126 g/mol. The van der Waals surface area contributed by atoms with E-state index in [1.54, 1.807) is 0 Å². The molecule has 0 bridgehead atoms. The number of hydrazone groups is 1. The predicted octanol–water partition coefficient (Wildman–Crippen LogP) is 1.13. The molecule has 1 unspecified atom stereocenters. The summed E-state index contributed by atoms with van der Waals surface area (Å²) in [5.41, 5.74) is 3.78. The standard InChI is InChI=1S/C7H13N3/c1-6(2)10-9-5-7(3)4-8/h7,9H,5H2,1-3H3. The van der Waals surface area contributed by atoms with Gasteiger partial charge in [-0.15, -0.1) is 0 Å². The van der Waals surface area contributed by atoms with Gasteiger partial charge in [0.15, 0.2) is 0 Å². The van der Waals surface area contributed by atoms with E-state index in [0.717, 1.165) is 5.71 Å². The van der Waals surface area contributed by atoms with Gasteiger partial charge >= 0.3 is 0 Å². The van der Waals surface area contributed by atoms with Gasteiger partial charge in [0.1, 0.15) is 0 Å².